The zero-order chi connectivity index (χ0) is 26.0. The summed E-state index contributed by atoms with van der Waals surface area (Å²) in [5.41, 5.74) is 1.71. The summed E-state index contributed by atoms with van der Waals surface area (Å²) in [7, 11) is 0. The molecule has 2 aromatic carbocycles. The Bertz CT molecular complexity index is 958. The molecule has 2 aromatic rings. The third-order valence-electron chi connectivity index (χ3n) is 9.09. The number of benzene rings is 2. The minimum absolute atomic E-state index is 0.167. The Balaban J connectivity index is 1.23. The largest absolute Gasteiger partial charge is 0.493 e. The number of ether oxygens (including phenoxy) is 1. The SMILES string of the molecule is CCCCOc1ccc(-c2ccc(CCC3CCC([C@H]4CC[C@H](CCCF)CC4)CC3)c(F)c2)c(F)c1. The Labute approximate surface area is 222 Å². The maximum absolute atomic E-state index is 15.0. The van der Waals surface area contributed by atoms with Crippen LogP contribution in [0, 0.1) is 35.3 Å². The summed E-state index contributed by atoms with van der Waals surface area (Å²) < 4.78 is 47.7. The van der Waals surface area contributed by atoms with Gasteiger partial charge in [0.2, 0.25) is 0 Å². The Hall–Kier alpha value is -1.97. The van der Waals surface area contributed by atoms with Gasteiger partial charge in [0.1, 0.15) is 17.4 Å². The average molecular weight is 515 g/mol. The molecule has 204 valence electrons. The first kappa shape index (κ1) is 28.0. The summed E-state index contributed by atoms with van der Waals surface area (Å²) >= 11 is 0. The van der Waals surface area contributed by atoms with E-state index in [1.807, 2.05) is 12.1 Å². The third-order valence-corrected chi connectivity index (χ3v) is 9.09. The maximum atomic E-state index is 15.0. The van der Waals surface area contributed by atoms with Crippen molar-refractivity contribution in [3.05, 3.63) is 53.6 Å². The van der Waals surface area contributed by atoms with Gasteiger partial charge in [-0.2, -0.15) is 0 Å². The molecular weight excluding hydrogens is 469 g/mol. The molecule has 2 fully saturated rings. The molecule has 0 saturated heterocycles. The molecule has 0 spiro atoms. The Morgan fingerprint density at radius 1 is 0.757 bits per heavy atom. The average Bonchev–Trinajstić information content (AvgIpc) is 2.92. The maximum Gasteiger partial charge on any atom is 0.134 e. The fraction of sp³-hybridized carbons (Fsp3) is 0.636. The van der Waals surface area contributed by atoms with E-state index >= 15 is 0 Å². The van der Waals surface area contributed by atoms with Crippen LogP contribution in [-0.4, -0.2) is 13.3 Å². The second-order valence-electron chi connectivity index (χ2n) is 11.6. The normalized spacial score (nSPS) is 24.2. The second-order valence-corrected chi connectivity index (χ2v) is 11.6. The molecule has 0 atom stereocenters. The lowest BCUT2D eigenvalue weighted by atomic mass is 9.68. The monoisotopic (exact) mass is 514 g/mol. The van der Waals surface area contributed by atoms with Gasteiger partial charge in [0.05, 0.1) is 13.3 Å². The van der Waals surface area contributed by atoms with Gasteiger partial charge in [-0.1, -0.05) is 51.2 Å². The molecular formula is C33H45F3O. The topological polar surface area (TPSA) is 9.23 Å². The quantitative estimate of drug-likeness (QED) is 0.256. The van der Waals surface area contributed by atoms with E-state index < -0.39 is 0 Å². The molecule has 0 aliphatic heterocycles. The lowest BCUT2D eigenvalue weighted by Gasteiger charge is -2.38. The van der Waals surface area contributed by atoms with Crippen LogP contribution in [0.2, 0.25) is 0 Å². The first-order chi connectivity index (χ1) is 18.1. The summed E-state index contributed by atoms with van der Waals surface area (Å²) in [5, 5.41) is 0. The number of rotatable bonds is 12. The van der Waals surface area contributed by atoms with Gasteiger partial charge in [-0.3, -0.25) is 4.39 Å². The Morgan fingerprint density at radius 2 is 1.43 bits per heavy atom. The number of aryl methyl sites for hydroxylation is 1. The highest BCUT2D eigenvalue weighted by Gasteiger charge is 2.30. The minimum Gasteiger partial charge on any atom is -0.493 e. The third kappa shape index (κ3) is 8.01. The summed E-state index contributed by atoms with van der Waals surface area (Å²) in [6, 6.07) is 9.99. The number of hydrogen-bond donors (Lipinski definition) is 0. The molecule has 0 radical (unpaired) electrons. The summed E-state index contributed by atoms with van der Waals surface area (Å²) in [6.07, 6.45) is 15.9. The van der Waals surface area contributed by atoms with Crippen molar-refractivity contribution < 1.29 is 17.9 Å². The first-order valence-electron chi connectivity index (χ1n) is 14.8. The summed E-state index contributed by atoms with van der Waals surface area (Å²) in [5.74, 6) is 3.05. The van der Waals surface area contributed by atoms with Crippen LogP contribution in [0.1, 0.15) is 96.0 Å². The minimum atomic E-state index is -0.383. The van der Waals surface area contributed by atoms with Gasteiger partial charge in [0.25, 0.3) is 0 Å². The Kier molecular flexibility index (Phi) is 10.8. The molecule has 0 aromatic heterocycles. The molecule has 2 saturated carbocycles. The van der Waals surface area contributed by atoms with Crippen molar-refractivity contribution in [2.24, 2.45) is 23.7 Å². The van der Waals surface area contributed by atoms with Crippen molar-refractivity contribution in [2.45, 2.75) is 96.8 Å². The molecule has 2 aliphatic carbocycles. The van der Waals surface area contributed by atoms with Crippen molar-refractivity contribution in [3.8, 4) is 16.9 Å². The van der Waals surface area contributed by atoms with E-state index in [0.29, 0.717) is 29.4 Å². The predicted molar refractivity (Wildman–Crippen MR) is 147 cm³/mol. The van der Waals surface area contributed by atoms with Crippen LogP contribution in [0.15, 0.2) is 36.4 Å². The van der Waals surface area contributed by atoms with E-state index in [2.05, 4.69) is 6.92 Å². The zero-order valence-corrected chi connectivity index (χ0v) is 22.6. The van der Waals surface area contributed by atoms with Crippen molar-refractivity contribution in [1.82, 2.24) is 0 Å². The van der Waals surface area contributed by atoms with E-state index in [4.69, 9.17) is 4.74 Å². The fourth-order valence-electron chi connectivity index (χ4n) is 6.69. The highest BCUT2D eigenvalue weighted by molar-refractivity contribution is 5.65. The van der Waals surface area contributed by atoms with Crippen LogP contribution in [0.25, 0.3) is 11.1 Å². The van der Waals surface area contributed by atoms with E-state index in [1.54, 1.807) is 12.1 Å². The van der Waals surface area contributed by atoms with Crippen LogP contribution in [0.5, 0.6) is 5.75 Å². The Morgan fingerprint density at radius 3 is 2.03 bits per heavy atom. The van der Waals surface area contributed by atoms with Crippen molar-refractivity contribution in [3.63, 3.8) is 0 Å². The van der Waals surface area contributed by atoms with Crippen LogP contribution in [0.4, 0.5) is 13.2 Å². The molecule has 0 unspecified atom stereocenters. The van der Waals surface area contributed by atoms with Gasteiger partial charge in [0, 0.05) is 11.6 Å². The van der Waals surface area contributed by atoms with Crippen molar-refractivity contribution in [1.29, 1.82) is 0 Å². The summed E-state index contributed by atoms with van der Waals surface area (Å²) in [4.78, 5) is 0. The van der Waals surface area contributed by atoms with Gasteiger partial charge >= 0.3 is 0 Å². The summed E-state index contributed by atoms with van der Waals surface area (Å²) in [6.45, 7) is 2.49. The van der Waals surface area contributed by atoms with Crippen LogP contribution < -0.4 is 4.74 Å². The van der Waals surface area contributed by atoms with E-state index in [1.165, 1.54) is 63.5 Å². The standard InChI is InChI=1S/C33H45F3O/c1-2-3-21-37-30-18-19-31(33(36)23-30)29-17-16-28(32(35)22-29)15-10-25-8-13-27(14-9-25)26-11-6-24(7-12-26)5-4-20-34/h16-19,22-27H,2-15,20-21H2,1H3/t24-,25?,26-,27?. The molecule has 4 rings (SSSR count). The highest BCUT2D eigenvalue weighted by atomic mass is 19.1. The van der Waals surface area contributed by atoms with Crippen LogP contribution in [-0.2, 0) is 6.42 Å². The molecule has 1 nitrogen and oxygen atoms in total. The zero-order valence-electron chi connectivity index (χ0n) is 22.6. The molecule has 2 aliphatic rings. The molecule has 37 heavy (non-hydrogen) atoms. The molecule has 0 amide bonds. The molecule has 4 heteroatoms. The first-order valence-corrected chi connectivity index (χ1v) is 14.8. The lowest BCUT2D eigenvalue weighted by Crippen LogP contribution is -2.26. The molecule has 0 bridgehead atoms. The van der Waals surface area contributed by atoms with Crippen LogP contribution >= 0.6 is 0 Å². The van der Waals surface area contributed by atoms with E-state index in [9.17, 15) is 13.2 Å². The van der Waals surface area contributed by atoms with Gasteiger partial charge in [-0.05, 0) is 111 Å². The van der Waals surface area contributed by atoms with Gasteiger partial charge < -0.3 is 4.74 Å². The predicted octanol–water partition coefficient (Wildman–Crippen LogP) is 10.1. The van der Waals surface area contributed by atoms with Gasteiger partial charge in [-0.15, -0.1) is 0 Å². The van der Waals surface area contributed by atoms with Crippen molar-refractivity contribution in [2.75, 3.05) is 13.3 Å². The van der Waals surface area contributed by atoms with Gasteiger partial charge in [0.15, 0.2) is 0 Å². The fourth-order valence-corrected chi connectivity index (χ4v) is 6.69. The number of alkyl halides is 1. The molecule has 0 heterocycles. The smallest absolute Gasteiger partial charge is 0.134 e. The van der Waals surface area contributed by atoms with Crippen molar-refractivity contribution >= 4 is 0 Å². The van der Waals surface area contributed by atoms with Crippen LogP contribution in [0.3, 0.4) is 0 Å². The van der Waals surface area contributed by atoms with Gasteiger partial charge in [-0.25, -0.2) is 8.78 Å². The number of halogens is 3. The lowest BCUT2D eigenvalue weighted by molar-refractivity contribution is 0.140. The van der Waals surface area contributed by atoms with E-state index in [0.717, 1.165) is 61.8 Å². The second kappa shape index (κ2) is 14.3. The molecule has 0 N–H and O–H groups in total. The number of hydrogen-bond acceptors (Lipinski definition) is 1. The van der Waals surface area contributed by atoms with E-state index in [-0.39, 0.29) is 18.3 Å². The highest BCUT2D eigenvalue weighted by Crippen LogP contribution is 2.43. The number of unbranched alkanes of at least 4 members (excludes halogenated alkanes) is 1.